The lowest BCUT2D eigenvalue weighted by atomic mass is 9.83. The van der Waals surface area contributed by atoms with Crippen LogP contribution in [0.3, 0.4) is 0 Å². The maximum Gasteiger partial charge on any atom is 0.0708 e. The molecule has 1 heterocycles. The summed E-state index contributed by atoms with van der Waals surface area (Å²) in [6.07, 6.45) is 10.8. The highest BCUT2D eigenvalue weighted by Crippen LogP contribution is 2.41. The molecule has 0 aromatic heterocycles. The van der Waals surface area contributed by atoms with Crippen molar-refractivity contribution in [2.45, 2.75) is 76.9 Å². The highest BCUT2D eigenvalue weighted by molar-refractivity contribution is 4.91. The molecule has 118 valence electrons. The van der Waals surface area contributed by atoms with Crippen LogP contribution in [0.4, 0.5) is 0 Å². The van der Waals surface area contributed by atoms with Crippen molar-refractivity contribution in [3.8, 4) is 0 Å². The second-order valence-electron chi connectivity index (χ2n) is 7.05. The van der Waals surface area contributed by atoms with Gasteiger partial charge in [0.2, 0.25) is 0 Å². The van der Waals surface area contributed by atoms with Crippen molar-refractivity contribution in [3.63, 3.8) is 0 Å². The second-order valence-corrected chi connectivity index (χ2v) is 7.05. The van der Waals surface area contributed by atoms with Gasteiger partial charge in [0.15, 0.2) is 0 Å². The van der Waals surface area contributed by atoms with Crippen molar-refractivity contribution >= 4 is 0 Å². The van der Waals surface area contributed by atoms with Crippen LogP contribution in [0.25, 0.3) is 0 Å². The second kappa shape index (κ2) is 8.35. The Hall–Kier alpha value is -0.120. The minimum Gasteiger partial charge on any atom is -0.381 e. The van der Waals surface area contributed by atoms with E-state index < -0.39 is 0 Å². The standard InChI is InChI=1S/C17H33NO2/c1-15(2)14-19-12-6-11-18-13-16-7-10-17(20-16)8-4-3-5-9-17/h15-16,18H,3-14H2,1-2H3. The Morgan fingerprint density at radius 1 is 1.20 bits per heavy atom. The van der Waals surface area contributed by atoms with Crippen LogP contribution in [-0.2, 0) is 9.47 Å². The van der Waals surface area contributed by atoms with Crippen LogP contribution in [0.5, 0.6) is 0 Å². The van der Waals surface area contributed by atoms with Crippen LogP contribution < -0.4 is 5.32 Å². The first-order valence-corrected chi connectivity index (χ1v) is 8.66. The van der Waals surface area contributed by atoms with E-state index in [9.17, 15) is 0 Å². The maximum atomic E-state index is 6.36. The minimum absolute atomic E-state index is 0.269. The summed E-state index contributed by atoms with van der Waals surface area (Å²) in [6.45, 7) is 8.21. The predicted octanol–water partition coefficient (Wildman–Crippen LogP) is 3.52. The zero-order valence-electron chi connectivity index (χ0n) is 13.5. The third-order valence-corrected chi connectivity index (χ3v) is 4.57. The lowest BCUT2D eigenvalue weighted by Crippen LogP contribution is -2.35. The average Bonchev–Trinajstić information content (AvgIpc) is 2.81. The summed E-state index contributed by atoms with van der Waals surface area (Å²) < 4.78 is 11.9. The number of hydrogen-bond donors (Lipinski definition) is 1. The summed E-state index contributed by atoms with van der Waals surface area (Å²) in [5.74, 6) is 0.640. The Morgan fingerprint density at radius 3 is 2.75 bits per heavy atom. The molecule has 0 aromatic carbocycles. The lowest BCUT2D eigenvalue weighted by Gasteiger charge is -2.33. The van der Waals surface area contributed by atoms with Gasteiger partial charge in [-0.25, -0.2) is 0 Å². The lowest BCUT2D eigenvalue weighted by molar-refractivity contribution is -0.0623. The van der Waals surface area contributed by atoms with Crippen molar-refractivity contribution in [1.29, 1.82) is 0 Å². The quantitative estimate of drug-likeness (QED) is 0.691. The van der Waals surface area contributed by atoms with E-state index in [-0.39, 0.29) is 5.60 Å². The molecule has 20 heavy (non-hydrogen) atoms. The van der Waals surface area contributed by atoms with Gasteiger partial charge in [-0.15, -0.1) is 0 Å². The van der Waals surface area contributed by atoms with Crippen LogP contribution in [-0.4, -0.2) is 38.0 Å². The minimum atomic E-state index is 0.269. The van der Waals surface area contributed by atoms with Crippen LogP contribution in [0.15, 0.2) is 0 Å². The van der Waals surface area contributed by atoms with Crippen LogP contribution in [0, 0.1) is 5.92 Å². The number of hydrogen-bond acceptors (Lipinski definition) is 3. The average molecular weight is 283 g/mol. The first kappa shape index (κ1) is 16.3. The van der Waals surface area contributed by atoms with Gasteiger partial charge in [-0.1, -0.05) is 33.1 Å². The zero-order chi connectivity index (χ0) is 14.3. The molecule has 3 heteroatoms. The third kappa shape index (κ3) is 5.34. The topological polar surface area (TPSA) is 30.5 Å². The van der Waals surface area contributed by atoms with E-state index in [2.05, 4.69) is 19.2 Å². The molecule has 0 aromatic rings. The van der Waals surface area contributed by atoms with Crippen molar-refractivity contribution < 1.29 is 9.47 Å². The summed E-state index contributed by atoms with van der Waals surface area (Å²) in [7, 11) is 0. The van der Waals surface area contributed by atoms with E-state index in [1.54, 1.807) is 0 Å². The van der Waals surface area contributed by atoms with Crippen molar-refractivity contribution in [2.75, 3.05) is 26.3 Å². The van der Waals surface area contributed by atoms with E-state index in [0.717, 1.165) is 32.7 Å². The molecule has 2 fully saturated rings. The van der Waals surface area contributed by atoms with Gasteiger partial charge in [0.25, 0.3) is 0 Å². The van der Waals surface area contributed by atoms with E-state index >= 15 is 0 Å². The molecule has 0 radical (unpaired) electrons. The highest BCUT2D eigenvalue weighted by Gasteiger charge is 2.40. The van der Waals surface area contributed by atoms with Gasteiger partial charge in [0, 0.05) is 19.8 Å². The van der Waals surface area contributed by atoms with Gasteiger partial charge in [-0.3, -0.25) is 0 Å². The molecule has 1 spiro atoms. The normalized spacial score (nSPS) is 25.6. The van der Waals surface area contributed by atoms with E-state index in [4.69, 9.17) is 9.47 Å². The van der Waals surface area contributed by atoms with Crippen LogP contribution in [0.2, 0.25) is 0 Å². The molecule has 2 rings (SSSR count). The molecule has 1 saturated heterocycles. The smallest absolute Gasteiger partial charge is 0.0708 e. The summed E-state index contributed by atoms with van der Waals surface area (Å²) >= 11 is 0. The molecule has 0 amide bonds. The van der Waals surface area contributed by atoms with E-state index in [1.807, 2.05) is 0 Å². The van der Waals surface area contributed by atoms with Crippen molar-refractivity contribution in [3.05, 3.63) is 0 Å². The van der Waals surface area contributed by atoms with Crippen molar-refractivity contribution in [1.82, 2.24) is 5.32 Å². The Labute approximate surface area is 124 Å². The fourth-order valence-electron chi connectivity index (χ4n) is 3.48. The van der Waals surface area contributed by atoms with Gasteiger partial charge in [0.05, 0.1) is 11.7 Å². The first-order valence-electron chi connectivity index (χ1n) is 8.66. The van der Waals surface area contributed by atoms with Crippen molar-refractivity contribution in [2.24, 2.45) is 5.92 Å². The van der Waals surface area contributed by atoms with E-state index in [1.165, 1.54) is 44.9 Å². The van der Waals surface area contributed by atoms with Crippen LogP contribution >= 0.6 is 0 Å². The fourth-order valence-corrected chi connectivity index (χ4v) is 3.48. The third-order valence-electron chi connectivity index (χ3n) is 4.57. The molecule has 1 unspecified atom stereocenters. The Kier molecular flexibility index (Phi) is 6.79. The first-order chi connectivity index (χ1) is 9.70. The largest absolute Gasteiger partial charge is 0.381 e. The fraction of sp³-hybridized carbons (Fsp3) is 1.00. The number of rotatable bonds is 8. The molecular weight excluding hydrogens is 250 g/mol. The summed E-state index contributed by atoms with van der Waals surface area (Å²) in [6, 6.07) is 0. The van der Waals surface area contributed by atoms with Gasteiger partial charge in [0.1, 0.15) is 0 Å². The monoisotopic (exact) mass is 283 g/mol. The van der Waals surface area contributed by atoms with Crippen LogP contribution in [0.1, 0.15) is 65.2 Å². The molecular formula is C17H33NO2. The number of nitrogens with one attached hydrogen (secondary N) is 1. The maximum absolute atomic E-state index is 6.36. The van der Waals surface area contributed by atoms with Gasteiger partial charge >= 0.3 is 0 Å². The Balaban J connectivity index is 1.48. The van der Waals surface area contributed by atoms with E-state index in [0.29, 0.717) is 12.0 Å². The van der Waals surface area contributed by atoms with Gasteiger partial charge in [-0.05, 0) is 44.6 Å². The highest BCUT2D eigenvalue weighted by atomic mass is 16.5. The Morgan fingerprint density at radius 2 is 2.00 bits per heavy atom. The van der Waals surface area contributed by atoms with Gasteiger partial charge < -0.3 is 14.8 Å². The molecule has 1 N–H and O–H groups in total. The molecule has 2 aliphatic rings. The molecule has 1 aliphatic carbocycles. The molecule has 3 nitrogen and oxygen atoms in total. The molecule has 1 aliphatic heterocycles. The molecule has 0 bridgehead atoms. The predicted molar refractivity (Wildman–Crippen MR) is 83.1 cm³/mol. The zero-order valence-corrected chi connectivity index (χ0v) is 13.5. The summed E-state index contributed by atoms with van der Waals surface area (Å²) in [4.78, 5) is 0. The molecule has 1 saturated carbocycles. The van der Waals surface area contributed by atoms with Gasteiger partial charge in [-0.2, -0.15) is 0 Å². The summed E-state index contributed by atoms with van der Waals surface area (Å²) in [5.41, 5.74) is 0.269. The summed E-state index contributed by atoms with van der Waals surface area (Å²) in [5, 5.41) is 3.53. The SMILES string of the molecule is CC(C)COCCCNCC1CCC2(CCCCC2)O1. The molecule has 1 atom stereocenters. The Bertz CT molecular complexity index is 262. The number of ether oxygens (including phenoxy) is 2.